The summed E-state index contributed by atoms with van der Waals surface area (Å²) in [5.74, 6) is 0.214. The van der Waals surface area contributed by atoms with E-state index in [-0.39, 0.29) is 17.7 Å². The van der Waals surface area contributed by atoms with Crippen molar-refractivity contribution in [3.63, 3.8) is 0 Å². The van der Waals surface area contributed by atoms with E-state index in [1.807, 2.05) is 13.8 Å². The zero-order valence-electron chi connectivity index (χ0n) is 14.2. The van der Waals surface area contributed by atoms with E-state index in [1.54, 1.807) is 6.07 Å². The summed E-state index contributed by atoms with van der Waals surface area (Å²) in [5, 5.41) is 7.74. The van der Waals surface area contributed by atoms with Crippen LogP contribution in [0.4, 0.5) is 13.2 Å². The van der Waals surface area contributed by atoms with Crippen molar-refractivity contribution in [1.82, 2.24) is 19.8 Å². The second-order valence-corrected chi connectivity index (χ2v) is 6.50. The van der Waals surface area contributed by atoms with Crippen LogP contribution in [0.15, 0.2) is 16.7 Å². The minimum Gasteiger partial charge on any atom is -0.359 e. The molecule has 0 aliphatic carbocycles. The van der Waals surface area contributed by atoms with Crippen LogP contribution in [0.5, 0.6) is 0 Å². The average Bonchev–Trinajstić information content (AvgIpc) is 3.23. The smallest absolute Gasteiger partial charge is 0.359 e. The van der Waals surface area contributed by atoms with Gasteiger partial charge in [0, 0.05) is 25.7 Å². The molecule has 25 heavy (non-hydrogen) atoms. The second kappa shape index (κ2) is 6.20. The summed E-state index contributed by atoms with van der Waals surface area (Å²) in [6, 6.07) is 2.27. The Morgan fingerprint density at radius 2 is 2.08 bits per heavy atom. The third-order valence-electron chi connectivity index (χ3n) is 4.37. The van der Waals surface area contributed by atoms with Gasteiger partial charge in [-0.15, -0.1) is 0 Å². The number of carbonyl (C=O) groups is 1. The molecular formula is C16H19F3N4O2. The first-order valence-electron chi connectivity index (χ1n) is 8.07. The molecule has 0 unspecified atom stereocenters. The molecule has 9 heteroatoms. The molecule has 0 spiro atoms. The first-order valence-corrected chi connectivity index (χ1v) is 8.07. The lowest BCUT2D eigenvalue weighted by Crippen LogP contribution is -2.30. The number of amides is 1. The van der Waals surface area contributed by atoms with E-state index in [4.69, 9.17) is 4.52 Å². The van der Waals surface area contributed by atoms with Gasteiger partial charge in [-0.25, -0.2) is 0 Å². The van der Waals surface area contributed by atoms with Crippen LogP contribution in [0.25, 0.3) is 0 Å². The third-order valence-corrected chi connectivity index (χ3v) is 4.37. The van der Waals surface area contributed by atoms with Crippen molar-refractivity contribution in [2.75, 3.05) is 6.54 Å². The topological polar surface area (TPSA) is 64.2 Å². The van der Waals surface area contributed by atoms with Gasteiger partial charge < -0.3 is 9.42 Å². The van der Waals surface area contributed by atoms with E-state index < -0.39 is 17.8 Å². The molecule has 1 aliphatic rings. The van der Waals surface area contributed by atoms with Crippen molar-refractivity contribution in [3.8, 4) is 0 Å². The highest BCUT2D eigenvalue weighted by molar-refractivity contribution is 5.93. The molecule has 6 nitrogen and oxygen atoms in total. The Kier molecular flexibility index (Phi) is 4.34. The quantitative estimate of drug-likeness (QED) is 0.844. The number of hydrogen-bond acceptors (Lipinski definition) is 4. The summed E-state index contributed by atoms with van der Waals surface area (Å²) >= 11 is 0. The third kappa shape index (κ3) is 3.27. The van der Waals surface area contributed by atoms with Gasteiger partial charge in [-0.05, 0) is 18.8 Å². The molecule has 1 atom stereocenters. The maximum atomic E-state index is 12.9. The van der Waals surface area contributed by atoms with Crippen molar-refractivity contribution in [3.05, 3.63) is 35.0 Å². The summed E-state index contributed by atoms with van der Waals surface area (Å²) in [7, 11) is 1.17. The minimum atomic E-state index is -4.55. The Morgan fingerprint density at radius 1 is 1.36 bits per heavy atom. The lowest BCUT2D eigenvalue weighted by Gasteiger charge is -2.21. The molecule has 3 rings (SSSR count). The van der Waals surface area contributed by atoms with Crippen molar-refractivity contribution >= 4 is 5.91 Å². The minimum absolute atomic E-state index is 0.188. The number of likely N-dealkylation sites (tertiary alicyclic amines) is 1. The normalized spacial score (nSPS) is 18.4. The Balaban J connectivity index is 1.86. The van der Waals surface area contributed by atoms with Gasteiger partial charge in [0.25, 0.3) is 5.91 Å². The van der Waals surface area contributed by atoms with Crippen molar-refractivity contribution in [2.45, 2.75) is 44.8 Å². The Morgan fingerprint density at radius 3 is 2.64 bits per heavy atom. The van der Waals surface area contributed by atoms with Gasteiger partial charge in [0.1, 0.15) is 5.69 Å². The molecule has 1 fully saturated rings. The number of alkyl halides is 3. The van der Waals surface area contributed by atoms with Crippen molar-refractivity contribution < 1.29 is 22.5 Å². The SMILES string of the molecule is CC(C)c1cc([C@H]2CCCN2C(=O)c2cc(C(F)(F)F)n(C)n2)on1. The number of hydrogen-bond donors (Lipinski definition) is 0. The predicted octanol–water partition coefficient (Wildman–Crippen LogP) is 3.53. The van der Waals surface area contributed by atoms with Crippen molar-refractivity contribution in [2.24, 2.45) is 7.05 Å². The van der Waals surface area contributed by atoms with Crippen LogP contribution in [0.1, 0.15) is 66.3 Å². The first kappa shape index (κ1) is 17.5. The van der Waals surface area contributed by atoms with Gasteiger partial charge in [0.15, 0.2) is 11.5 Å². The number of aromatic nitrogens is 3. The number of aryl methyl sites for hydroxylation is 1. The van der Waals surface area contributed by atoms with Gasteiger partial charge in [-0.1, -0.05) is 19.0 Å². The maximum absolute atomic E-state index is 12.9. The summed E-state index contributed by atoms with van der Waals surface area (Å²) < 4.78 is 44.8. The Hall–Kier alpha value is -2.32. The van der Waals surface area contributed by atoms with Crippen LogP contribution >= 0.6 is 0 Å². The fourth-order valence-corrected chi connectivity index (χ4v) is 3.02. The van der Waals surface area contributed by atoms with Gasteiger partial charge in [0.05, 0.1) is 11.7 Å². The summed E-state index contributed by atoms with van der Waals surface area (Å²) in [6.07, 6.45) is -3.13. The van der Waals surface area contributed by atoms with Gasteiger partial charge >= 0.3 is 6.18 Å². The lowest BCUT2D eigenvalue weighted by molar-refractivity contribution is -0.143. The maximum Gasteiger partial charge on any atom is 0.433 e. The molecule has 1 amide bonds. The van der Waals surface area contributed by atoms with E-state index in [1.165, 1.54) is 11.9 Å². The van der Waals surface area contributed by atoms with Crippen LogP contribution in [-0.2, 0) is 13.2 Å². The van der Waals surface area contributed by atoms with Crippen LogP contribution in [0.2, 0.25) is 0 Å². The Labute approximate surface area is 142 Å². The zero-order valence-corrected chi connectivity index (χ0v) is 14.2. The highest BCUT2D eigenvalue weighted by Gasteiger charge is 2.38. The van der Waals surface area contributed by atoms with Gasteiger partial charge in [0.2, 0.25) is 0 Å². The standard InChI is InChI=1S/C16H19F3N4O2/c1-9(2)10-7-13(25-21-10)12-5-4-6-23(12)15(24)11-8-14(16(17,18)19)22(3)20-11/h7-9,12H,4-6H2,1-3H3/t12-/m1/s1. The molecule has 2 aromatic heterocycles. The fraction of sp³-hybridized carbons (Fsp3) is 0.562. The van der Waals surface area contributed by atoms with E-state index in [2.05, 4.69) is 10.3 Å². The largest absolute Gasteiger partial charge is 0.433 e. The van der Waals surface area contributed by atoms with E-state index in [9.17, 15) is 18.0 Å². The highest BCUT2D eigenvalue weighted by atomic mass is 19.4. The molecule has 0 saturated carbocycles. The molecule has 136 valence electrons. The molecule has 0 aromatic carbocycles. The lowest BCUT2D eigenvalue weighted by atomic mass is 10.1. The van der Waals surface area contributed by atoms with Crippen LogP contribution < -0.4 is 0 Å². The number of rotatable bonds is 3. The zero-order chi connectivity index (χ0) is 18.4. The number of carbonyl (C=O) groups excluding carboxylic acids is 1. The molecule has 0 bridgehead atoms. The van der Waals surface area contributed by atoms with Gasteiger partial charge in [-0.3, -0.25) is 9.48 Å². The van der Waals surface area contributed by atoms with E-state index in [0.717, 1.165) is 18.2 Å². The van der Waals surface area contributed by atoms with Crippen molar-refractivity contribution in [1.29, 1.82) is 0 Å². The van der Waals surface area contributed by atoms with E-state index in [0.29, 0.717) is 23.4 Å². The predicted molar refractivity (Wildman–Crippen MR) is 81.8 cm³/mol. The highest BCUT2D eigenvalue weighted by Crippen LogP contribution is 2.35. The number of nitrogens with zero attached hydrogens (tertiary/aromatic N) is 4. The molecule has 1 saturated heterocycles. The Bertz CT molecular complexity index is 779. The first-order chi connectivity index (χ1) is 11.7. The summed E-state index contributed by atoms with van der Waals surface area (Å²) in [6.45, 7) is 4.40. The second-order valence-electron chi connectivity index (χ2n) is 6.50. The van der Waals surface area contributed by atoms with Crippen LogP contribution in [-0.4, -0.2) is 32.3 Å². The summed E-state index contributed by atoms with van der Waals surface area (Å²) in [5.41, 5.74) is -0.384. The van der Waals surface area contributed by atoms with Gasteiger partial charge in [-0.2, -0.15) is 18.3 Å². The molecule has 2 aromatic rings. The van der Waals surface area contributed by atoms with Crippen LogP contribution in [0.3, 0.4) is 0 Å². The molecular weight excluding hydrogens is 337 g/mol. The monoisotopic (exact) mass is 356 g/mol. The molecule has 0 N–H and O–H groups in total. The molecule has 3 heterocycles. The van der Waals surface area contributed by atoms with E-state index >= 15 is 0 Å². The molecule has 1 aliphatic heterocycles. The molecule has 0 radical (unpaired) electrons. The average molecular weight is 356 g/mol. The fourth-order valence-electron chi connectivity index (χ4n) is 3.02. The number of halogens is 3. The summed E-state index contributed by atoms with van der Waals surface area (Å²) in [4.78, 5) is 14.2. The van der Waals surface area contributed by atoms with Crippen LogP contribution in [0, 0.1) is 0 Å².